The van der Waals surface area contributed by atoms with Gasteiger partial charge in [-0.2, -0.15) is 5.10 Å². The Morgan fingerprint density at radius 2 is 1.58 bits per heavy atom. The van der Waals surface area contributed by atoms with Crippen molar-refractivity contribution in [3.63, 3.8) is 0 Å². The van der Waals surface area contributed by atoms with Crippen LogP contribution in [0.2, 0.25) is 0 Å². The van der Waals surface area contributed by atoms with E-state index in [1.54, 1.807) is 36.4 Å². The number of aromatic carboxylic acids is 1. The molecule has 0 atom stereocenters. The summed E-state index contributed by atoms with van der Waals surface area (Å²) in [7, 11) is -3.78. The number of rotatable bonds is 9. The molecule has 3 aromatic carbocycles. The van der Waals surface area contributed by atoms with E-state index >= 15 is 0 Å². The lowest BCUT2D eigenvalue weighted by atomic mass is 10.1. The minimum atomic E-state index is -3.78. The number of hydrogen-bond acceptors (Lipinski definition) is 6. The van der Waals surface area contributed by atoms with Gasteiger partial charge >= 0.3 is 5.97 Å². The van der Waals surface area contributed by atoms with Gasteiger partial charge in [0.15, 0.2) is 0 Å². The quantitative estimate of drug-likeness (QED) is 0.368. The molecule has 3 rings (SSSR count). The topological polar surface area (TPSA) is 125 Å². The first-order valence-corrected chi connectivity index (χ1v) is 11.5. The Balaban J connectivity index is 1.68. The number of para-hydroxylation sites is 1. The predicted octanol–water partition coefficient (Wildman–Crippen LogP) is 3.09. The second-order valence-electron chi connectivity index (χ2n) is 6.86. The molecule has 3 aromatic rings. The maximum Gasteiger partial charge on any atom is 0.336 e. The van der Waals surface area contributed by atoms with Gasteiger partial charge in [0, 0.05) is 5.56 Å². The van der Waals surface area contributed by atoms with Gasteiger partial charge < -0.3 is 9.84 Å². The molecule has 0 unspecified atom stereocenters. The monoisotopic (exact) mass is 467 g/mol. The smallest absolute Gasteiger partial charge is 0.336 e. The minimum Gasteiger partial charge on any atom is -0.478 e. The SMILES string of the molecule is CS(=O)(=O)N(CC(=O)N/N=C/c1ccccc1C(=O)O)c1ccc(Oc2ccccc2)cc1. The van der Waals surface area contributed by atoms with E-state index in [0.29, 0.717) is 17.1 Å². The maximum atomic E-state index is 12.3. The lowest BCUT2D eigenvalue weighted by Crippen LogP contribution is -2.39. The molecular formula is C23H21N3O6S. The summed E-state index contributed by atoms with van der Waals surface area (Å²) >= 11 is 0. The summed E-state index contributed by atoms with van der Waals surface area (Å²) < 4.78 is 31.2. The molecule has 0 heterocycles. The Bertz CT molecular complexity index is 1260. The van der Waals surface area contributed by atoms with Crippen LogP contribution in [-0.4, -0.2) is 44.4 Å². The molecule has 0 fully saturated rings. The van der Waals surface area contributed by atoms with Crippen LogP contribution in [0, 0.1) is 0 Å². The van der Waals surface area contributed by atoms with Gasteiger partial charge in [-0.25, -0.2) is 18.6 Å². The van der Waals surface area contributed by atoms with Gasteiger partial charge in [-0.3, -0.25) is 9.10 Å². The number of hydrogen-bond donors (Lipinski definition) is 2. The summed E-state index contributed by atoms with van der Waals surface area (Å²) in [5.74, 6) is -0.697. The summed E-state index contributed by atoms with van der Waals surface area (Å²) in [5, 5.41) is 12.9. The summed E-state index contributed by atoms with van der Waals surface area (Å²) in [4.78, 5) is 23.5. The molecule has 10 heteroatoms. The van der Waals surface area contributed by atoms with Crippen molar-refractivity contribution >= 4 is 33.8 Å². The van der Waals surface area contributed by atoms with Gasteiger partial charge in [0.25, 0.3) is 5.91 Å². The van der Waals surface area contributed by atoms with E-state index in [0.717, 1.165) is 10.6 Å². The standard InChI is InChI=1S/C23H21N3O6S/c1-33(30,31)26(18-11-13-20(14-12-18)32-19-8-3-2-4-9-19)16-22(27)25-24-15-17-7-5-6-10-21(17)23(28)29/h2-15H,16H2,1H3,(H,25,27)(H,28,29)/b24-15+. The molecule has 0 saturated heterocycles. The summed E-state index contributed by atoms with van der Waals surface area (Å²) in [6.45, 7) is -0.518. The normalized spacial score (nSPS) is 11.2. The Labute approximate surface area is 191 Å². The van der Waals surface area contributed by atoms with Crippen molar-refractivity contribution in [1.29, 1.82) is 0 Å². The number of benzene rings is 3. The lowest BCUT2D eigenvalue weighted by Gasteiger charge is -2.21. The Morgan fingerprint density at radius 1 is 0.970 bits per heavy atom. The van der Waals surface area contributed by atoms with Gasteiger partial charge in [-0.15, -0.1) is 0 Å². The van der Waals surface area contributed by atoms with E-state index in [-0.39, 0.29) is 11.3 Å². The van der Waals surface area contributed by atoms with Crippen molar-refractivity contribution in [2.45, 2.75) is 0 Å². The highest BCUT2D eigenvalue weighted by Crippen LogP contribution is 2.25. The highest BCUT2D eigenvalue weighted by Gasteiger charge is 2.21. The first kappa shape index (κ1) is 23.5. The van der Waals surface area contributed by atoms with Gasteiger partial charge in [0.05, 0.1) is 23.7 Å². The first-order valence-electron chi connectivity index (χ1n) is 9.69. The van der Waals surface area contributed by atoms with E-state index < -0.39 is 28.4 Å². The van der Waals surface area contributed by atoms with Crippen LogP contribution in [0.15, 0.2) is 84.0 Å². The predicted molar refractivity (Wildman–Crippen MR) is 124 cm³/mol. The van der Waals surface area contributed by atoms with Gasteiger partial charge in [0.2, 0.25) is 10.0 Å². The van der Waals surface area contributed by atoms with E-state index in [1.165, 1.54) is 30.5 Å². The third kappa shape index (κ3) is 6.65. The number of carboxylic acids is 1. The van der Waals surface area contributed by atoms with Gasteiger partial charge in [0.1, 0.15) is 18.0 Å². The van der Waals surface area contributed by atoms with Crippen molar-refractivity contribution in [3.8, 4) is 11.5 Å². The van der Waals surface area contributed by atoms with Crippen molar-refractivity contribution < 1.29 is 27.9 Å². The Hall–Kier alpha value is -4.18. The number of nitrogens with one attached hydrogen (secondary N) is 1. The van der Waals surface area contributed by atoms with E-state index in [2.05, 4.69) is 10.5 Å². The molecule has 0 aliphatic rings. The van der Waals surface area contributed by atoms with Crippen LogP contribution in [0.1, 0.15) is 15.9 Å². The number of hydrazone groups is 1. The number of sulfonamides is 1. The summed E-state index contributed by atoms with van der Waals surface area (Å²) in [6.07, 6.45) is 2.17. The fourth-order valence-electron chi connectivity index (χ4n) is 2.85. The van der Waals surface area contributed by atoms with Crippen LogP contribution in [0.25, 0.3) is 0 Å². The van der Waals surface area contributed by atoms with Crippen LogP contribution in [0.4, 0.5) is 5.69 Å². The molecule has 0 radical (unpaired) electrons. The number of ether oxygens (including phenoxy) is 1. The number of nitrogens with zero attached hydrogens (tertiary/aromatic N) is 2. The average Bonchev–Trinajstić information content (AvgIpc) is 2.78. The molecule has 0 aromatic heterocycles. The second-order valence-corrected chi connectivity index (χ2v) is 8.77. The van der Waals surface area contributed by atoms with Crippen molar-refractivity contribution in [2.75, 3.05) is 17.1 Å². The van der Waals surface area contributed by atoms with Crippen LogP contribution >= 0.6 is 0 Å². The number of carboxylic acid groups (broad SMARTS) is 1. The molecular weight excluding hydrogens is 446 g/mol. The number of amides is 1. The van der Waals surface area contributed by atoms with Gasteiger partial charge in [-0.1, -0.05) is 36.4 Å². The molecule has 170 valence electrons. The first-order chi connectivity index (χ1) is 15.7. The zero-order valence-corrected chi connectivity index (χ0v) is 18.4. The minimum absolute atomic E-state index is 0.0195. The molecule has 9 nitrogen and oxygen atoms in total. The lowest BCUT2D eigenvalue weighted by molar-refractivity contribution is -0.119. The average molecular weight is 468 g/mol. The van der Waals surface area contributed by atoms with Gasteiger partial charge in [-0.05, 0) is 42.5 Å². The van der Waals surface area contributed by atoms with Crippen LogP contribution < -0.4 is 14.5 Å². The van der Waals surface area contributed by atoms with Crippen molar-refractivity contribution in [1.82, 2.24) is 5.43 Å². The molecule has 1 amide bonds. The van der Waals surface area contributed by atoms with E-state index in [4.69, 9.17) is 4.74 Å². The number of carbonyl (C=O) groups is 2. The molecule has 0 aliphatic heterocycles. The van der Waals surface area contributed by atoms with E-state index in [1.807, 2.05) is 18.2 Å². The zero-order chi connectivity index (χ0) is 23.8. The molecule has 33 heavy (non-hydrogen) atoms. The number of carbonyl (C=O) groups excluding carboxylic acids is 1. The molecule has 0 spiro atoms. The largest absolute Gasteiger partial charge is 0.478 e. The summed E-state index contributed by atoms with van der Waals surface area (Å²) in [5.41, 5.74) is 2.80. The van der Waals surface area contributed by atoms with E-state index in [9.17, 15) is 23.1 Å². The number of anilines is 1. The zero-order valence-electron chi connectivity index (χ0n) is 17.6. The molecule has 0 bridgehead atoms. The van der Waals surface area contributed by atoms with Crippen molar-refractivity contribution in [2.24, 2.45) is 5.10 Å². The maximum absolute atomic E-state index is 12.3. The van der Waals surface area contributed by atoms with Crippen LogP contribution in [-0.2, 0) is 14.8 Å². The Kier molecular flexibility index (Phi) is 7.42. The third-order valence-electron chi connectivity index (χ3n) is 4.38. The fraction of sp³-hybridized carbons (Fsp3) is 0.0870. The highest BCUT2D eigenvalue weighted by molar-refractivity contribution is 7.92. The summed E-state index contributed by atoms with van der Waals surface area (Å²) in [6, 6.07) is 21.5. The molecule has 0 aliphatic carbocycles. The Morgan fingerprint density at radius 3 is 2.21 bits per heavy atom. The second kappa shape index (κ2) is 10.4. The van der Waals surface area contributed by atoms with Crippen LogP contribution in [0.5, 0.6) is 11.5 Å². The fourth-order valence-corrected chi connectivity index (χ4v) is 3.71. The third-order valence-corrected chi connectivity index (χ3v) is 5.52. The van der Waals surface area contributed by atoms with Crippen molar-refractivity contribution in [3.05, 3.63) is 90.0 Å². The molecule has 0 saturated carbocycles. The molecule has 2 N–H and O–H groups in total. The van der Waals surface area contributed by atoms with Crippen LogP contribution in [0.3, 0.4) is 0 Å². The highest BCUT2D eigenvalue weighted by atomic mass is 32.2.